The molecule has 1 heterocycles. The van der Waals surface area contributed by atoms with Gasteiger partial charge in [0, 0.05) is 13.2 Å². The third-order valence-electron chi connectivity index (χ3n) is 1.91. The van der Waals surface area contributed by atoms with Gasteiger partial charge in [0.25, 0.3) is 0 Å². The van der Waals surface area contributed by atoms with E-state index in [2.05, 4.69) is 10.6 Å². The van der Waals surface area contributed by atoms with Gasteiger partial charge in [-0.25, -0.2) is 0 Å². The minimum Gasteiger partial charge on any atom is -0.664 e. The highest BCUT2D eigenvalue weighted by Gasteiger charge is 2.13. The van der Waals surface area contributed by atoms with Crippen LogP contribution in [0.3, 0.4) is 0 Å². The van der Waals surface area contributed by atoms with Gasteiger partial charge in [-0.15, -0.1) is 6.54 Å². The van der Waals surface area contributed by atoms with E-state index in [-0.39, 0.29) is 0 Å². The third kappa shape index (κ3) is 3.70. The fourth-order valence-electron chi connectivity index (χ4n) is 1.26. The van der Waals surface area contributed by atoms with Gasteiger partial charge in [0.1, 0.15) is 0 Å². The molecule has 3 nitrogen and oxygen atoms in total. The molecule has 1 atom stereocenters. The number of nitrogens with one attached hydrogen (secondary N) is 1. The Kier molecular flexibility index (Phi) is 4.50. The molecule has 1 fully saturated rings. The molecule has 0 radical (unpaired) electrons. The van der Waals surface area contributed by atoms with Crippen LogP contribution in [-0.4, -0.2) is 39.4 Å². The molecule has 1 N–H and O–H groups in total. The first kappa shape index (κ1) is 8.97. The van der Waals surface area contributed by atoms with E-state index in [0.717, 1.165) is 26.2 Å². The smallest absolute Gasteiger partial charge is 0.0700 e. The molecule has 0 saturated carbocycles. The van der Waals surface area contributed by atoms with E-state index in [1.54, 1.807) is 0 Å². The van der Waals surface area contributed by atoms with Crippen molar-refractivity contribution in [3.63, 3.8) is 0 Å². The minimum absolute atomic E-state index is 0.465. The molecule has 0 unspecified atom stereocenters. The van der Waals surface area contributed by atoms with Gasteiger partial charge in [-0.3, -0.25) is 0 Å². The Labute approximate surface area is 68.5 Å². The highest BCUT2D eigenvalue weighted by Crippen LogP contribution is 2.10. The molecule has 11 heavy (non-hydrogen) atoms. The molecule has 0 aromatic rings. The zero-order valence-electron chi connectivity index (χ0n) is 7.18. The molecule has 1 aliphatic rings. The van der Waals surface area contributed by atoms with Gasteiger partial charge < -0.3 is 15.4 Å². The molecule has 1 aliphatic heterocycles. The summed E-state index contributed by atoms with van der Waals surface area (Å²) < 4.78 is 5.44. The standard InChI is InChI=1S/C8H17N2O/c1-9-4-5-10-7-8-3-2-6-11-8/h8,10H,2-7H2,1H3/q-1/t8-/m0/s1. The van der Waals surface area contributed by atoms with Crippen LogP contribution >= 0.6 is 0 Å². The second kappa shape index (κ2) is 5.52. The molecule has 0 amide bonds. The first-order valence-corrected chi connectivity index (χ1v) is 4.31. The Morgan fingerprint density at radius 1 is 1.64 bits per heavy atom. The monoisotopic (exact) mass is 157 g/mol. The second-order valence-corrected chi connectivity index (χ2v) is 2.88. The molecule has 0 bridgehead atoms. The highest BCUT2D eigenvalue weighted by molar-refractivity contribution is 4.73. The van der Waals surface area contributed by atoms with Crippen LogP contribution in [0.25, 0.3) is 5.32 Å². The molecule has 1 rings (SSSR count). The molecular formula is C8H17N2O-. The maximum atomic E-state index is 5.44. The van der Waals surface area contributed by atoms with E-state index < -0.39 is 0 Å². The van der Waals surface area contributed by atoms with Gasteiger partial charge >= 0.3 is 0 Å². The van der Waals surface area contributed by atoms with E-state index in [4.69, 9.17) is 4.74 Å². The Balaban J connectivity index is 1.86. The summed E-state index contributed by atoms with van der Waals surface area (Å²) in [5.41, 5.74) is 0. The largest absolute Gasteiger partial charge is 0.664 e. The number of rotatable bonds is 5. The molecule has 0 aromatic carbocycles. The van der Waals surface area contributed by atoms with E-state index in [0.29, 0.717) is 6.10 Å². The summed E-state index contributed by atoms with van der Waals surface area (Å²) in [6, 6.07) is 0. The van der Waals surface area contributed by atoms with Crippen molar-refractivity contribution in [2.75, 3.05) is 33.3 Å². The van der Waals surface area contributed by atoms with Crippen molar-refractivity contribution < 1.29 is 4.74 Å². The van der Waals surface area contributed by atoms with Crippen molar-refractivity contribution in [1.82, 2.24) is 5.32 Å². The van der Waals surface area contributed by atoms with Crippen LogP contribution in [0.15, 0.2) is 0 Å². The summed E-state index contributed by atoms with van der Waals surface area (Å²) in [7, 11) is 1.84. The molecule has 3 heteroatoms. The van der Waals surface area contributed by atoms with E-state index in [1.807, 2.05) is 7.05 Å². The lowest BCUT2D eigenvalue weighted by molar-refractivity contribution is 0.110. The maximum absolute atomic E-state index is 5.44. The lowest BCUT2D eigenvalue weighted by Gasteiger charge is -2.14. The van der Waals surface area contributed by atoms with Crippen molar-refractivity contribution in [2.24, 2.45) is 0 Å². The van der Waals surface area contributed by atoms with E-state index >= 15 is 0 Å². The predicted octanol–water partition coefficient (Wildman–Crippen LogP) is 0.758. The summed E-state index contributed by atoms with van der Waals surface area (Å²) in [5, 5.41) is 7.31. The first-order chi connectivity index (χ1) is 5.43. The number of likely N-dealkylation sites (N-methyl/N-ethyl adjacent to an activating group) is 1. The number of hydrogen-bond acceptors (Lipinski definition) is 2. The average molecular weight is 157 g/mol. The van der Waals surface area contributed by atoms with E-state index in [9.17, 15) is 0 Å². The lowest BCUT2D eigenvalue weighted by Crippen LogP contribution is -2.28. The third-order valence-corrected chi connectivity index (χ3v) is 1.91. The summed E-state index contributed by atoms with van der Waals surface area (Å²) >= 11 is 0. The van der Waals surface area contributed by atoms with Gasteiger partial charge in [0.2, 0.25) is 0 Å². The molecule has 0 aliphatic carbocycles. The molecular weight excluding hydrogens is 140 g/mol. The summed E-state index contributed by atoms with van der Waals surface area (Å²) in [4.78, 5) is 0. The van der Waals surface area contributed by atoms with Crippen LogP contribution in [0, 0.1) is 0 Å². The Morgan fingerprint density at radius 2 is 2.55 bits per heavy atom. The maximum Gasteiger partial charge on any atom is 0.0700 e. The second-order valence-electron chi connectivity index (χ2n) is 2.88. The molecule has 0 aromatic heterocycles. The van der Waals surface area contributed by atoms with Gasteiger partial charge in [-0.05, 0) is 19.4 Å². The highest BCUT2D eigenvalue weighted by atomic mass is 16.5. The fourth-order valence-corrected chi connectivity index (χ4v) is 1.26. The van der Waals surface area contributed by atoms with Crippen molar-refractivity contribution in [3.8, 4) is 0 Å². The van der Waals surface area contributed by atoms with Gasteiger partial charge in [0.05, 0.1) is 6.10 Å². The van der Waals surface area contributed by atoms with Crippen LogP contribution in [0.1, 0.15) is 12.8 Å². The fraction of sp³-hybridized carbons (Fsp3) is 1.00. The number of ether oxygens (including phenoxy) is 1. The van der Waals surface area contributed by atoms with E-state index in [1.165, 1.54) is 12.8 Å². The van der Waals surface area contributed by atoms with Crippen molar-refractivity contribution >= 4 is 0 Å². The van der Waals surface area contributed by atoms with Crippen LogP contribution < -0.4 is 5.32 Å². The Bertz CT molecular complexity index is 92.1. The lowest BCUT2D eigenvalue weighted by atomic mass is 10.2. The first-order valence-electron chi connectivity index (χ1n) is 4.31. The molecule has 66 valence electrons. The van der Waals surface area contributed by atoms with Crippen LogP contribution in [-0.2, 0) is 4.74 Å². The Morgan fingerprint density at radius 3 is 3.18 bits per heavy atom. The number of hydrogen-bond donors (Lipinski definition) is 1. The normalized spacial score (nSPS) is 24.3. The van der Waals surface area contributed by atoms with Crippen LogP contribution in [0.5, 0.6) is 0 Å². The van der Waals surface area contributed by atoms with Crippen molar-refractivity contribution in [3.05, 3.63) is 5.32 Å². The molecule has 0 spiro atoms. The summed E-state index contributed by atoms with van der Waals surface area (Å²) in [5.74, 6) is 0. The minimum atomic E-state index is 0.465. The topological polar surface area (TPSA) is 35.4 Å². The average Bonchev–Trinajstić information content (AvgIpc) is 2.50. The van der Waals surface area contributed by atoms with Crippen molar-refractivity contribution in [2.45, 2.75) is 18.9 Å². The quantitative estimate of drug-likeness (QED) is 0.598. The SMILES string of the molecule is C[N-]CCNC[C@@H]1CCCO1. The van der Waals surface area contributed by atoms with Gasteiger partial charge in [-0.1, -0.05) is 0 Å². The van der Waals surface area contributed by atoms with Crippen LogP contribution in [0.4, 0.5) is 0 Å². The van der Waals surface area contributed by atoms with Crippen molar-refractivity contribution in [1.29, 1.82) is 0 Å². The Hall–Kier alpha value is -0.120. The zero-order valence-corrected chi connectivity index (χ0v) is 7.18. The summed E-state index contributed by atoms with van der Waals surface area (Å²) in [6.07, 6.45) is 2.91. The van der Waals surface area contributed by atoms with Gasteiger partial charge in [0.15, 0.2) is 0 Å². The summed E-state index contributed by atoms with van der Waals surface area (Å²) in [6.45, 7) is 3.84. The zero-order chi connectivity index (χ0) is 7.94. The van der Waals surface area contributed by atoms with Gasteiger partial charge in [-0.2, -0.15) is 7.05 Å². The van der Waals surface area contributed by atoms with Crippen LogP contribution in [0.2, 0.25) is 0 Å². The predicted molar refractivity (Wildman–Crippen MR) is 46.0 cm³/mol. The number of nitrogens with zero attached hydrogens (tertiary/aromatic N) is 1. The molecule has 1 saturated heterocycles.